The lowest BCUT2D eigenvalue weighted by molar-refractivity contribution is -0.132. The molecule has 0 aromatic carbocycles. The van der Waals surface area contributed by atoms with Gasteiger partial charge in [0.05, 0.1) is 6.54 Å². The lowest BCUT2D eigenvalue weighted by Gasteiger charge is -2.35. The molecule has 1 aliphatic rings. The summed E-state index contributed by atoms with van der Waals surface area (Å²) in [6.07, 6.45) is 2.27. The van der Waals surface area contributed by atoms with Gasteiger partial charge < -0.3 is 15.1 Å². The third kappa shape index (κ3) is 6.23. The highest BCUT2D eigenvalue weighted by molar-refractivity contribution is 5.78. The van der Waals surface area contributed by atoms with Crippen LogP contribution in [0.2, 0.25) is 0 Å². The summed E-state index contributed by atoms with van der Waals surface area (Å²) in [5.74, 6) is 0.984. The summed E-state index contributed by atoms with van der Waals surface area (Å²) in [5.41, 5.74) is 0.00790. The topological polar surface area (TPSA) is 35.6 Å². The molecule has 1 amide bonds. The average molecular weight is 283 g/mol. The van der Waals surface area contributed by atoms with Crippen LogP contribution in [0.4, 0.5) is 0 Å². The van der Waals surface area contributed by atoms with E-state index in [-0.39, 0.29) is 11.4 Å². The monoisotopic (exact) mass is 283 g/mol. The van der Waals surface area contributed by atoms with E-state index in [1.165, 1.54) is 0 Å². The molecule has 0 aromatic heterocycles. The number of hydrogen-bond acceptors (Lipinski definition) is 3. The van der Waals surface area contributed by atoms with E-state index < -0.39 is 0 Å². The molecule has 0 atom stereocenters. The minimum atomic E-state index is 0.00790. The van der Waals surface area contributed by atoms with Crippen molar-refractivity contribution in [2.75, 3.05) is 33.2 Å². The van der Waals surface area contributed by atoms with Crippen molar-refractivity contribution in [3.63, 3.8) is 0 Å². The lowest BCUT2D eigenvalue weighted by atomic mass is 9.96. The van der Waals surface area contributed by atoms with Crippen LogP contribution in [0, 0.1) is 5.92 Å². The zero-order chi connectivity index (χ0) is 15.3. The van der Waals surface area contributed by atoms with Crippen molar-refractivity contribution in [3.8, 4) is 0 Å². The fraction of sp³-hybridized carbons (Fsp3) is 0.938. The molecular weight excluding hydrogens is 250 g/mol. The van der Waals surface area contributed by atoms with E-state index in [0.717, 1.165) is 38.4 Å². The third-order valence-electron chi connectivity index (χ3n) is 4.16. The van der Waals surface area contributed by atoms with Crippen molar-refractivity contribution in [1.29, 1.82) is 0 Å². The molecule has 0 aliphatic carbocycles. The van der Waals surface area contributed by atoms with Gasteiger partial charge in [0, 0.05) is 31.2 Å². The van der Waals surface area contributed by atoms with Crippen LogP contribution in [0.1, 0.15) is 47.5 Å². The quantitative estimate of drug-likeness (QED) is 0.838. The maximum Gasteiger partial charge on any atom is 0.236 e. The summed E-state index contributed by atoms with van der Waals surface area (Å²) >= 11 is 0. The Labute approximate surface area is 124 Å². The predicted octanol–water partition coefficient (Wildman–Crippen LogP) is 1.95. The third-order valence-corrected chi connectivity index (χ3v) is 4.16. The van der Waals surface area contributed by atoms with Gasteiger partial charge >= 0.3 is 0 Å². The molecule has 0 radical (unpaired) electrons. The molecule has 1 fully saturated rings. The number of nitrogens with one attached hydrogen (secondary N) is 1. The van der Waals surface area contributed by atoms with Crippen molar-refractivity contribution in [2.24, 2.45) is 5.92 Å². The van der Waals surface area contributed by atoms with E-state index in [0.29, 0.717) is 12.6 Å². The molecule has 1 rings (SSSR count). The normalized spacial score (nSPS) is 18.1. The molecule has 0 aromatic rings. The molecule has 4 nitrogen and oxygen atoms in total. The van der Waals surface area contributed by atoms with Crippen LogP contribution in [0.25, 0.3) is 0 Å². The summed E-state index contributed by atoms with van der Waals surface area (Å²) in [6, 6.07) is 0.602. The molecule has 118 valence electrons. The lowest BCUT2D eigenvalue weighted by Crippen LogP contribution is -2.48. The van der Waals surface area contributed by atoms with E-state index in [2.05, 4.69) is 51.9 Å². The van der Waals surface area contributed by atoms with E-state index in [1.807, 2.05) is 4.90 Å². The van der Waals surface area contributed by atoms with Crippen LogP contribution in [0.15, 0.2) is 0 Å². The molecule has 4 heteroatoms. The Morgan fingerprint density at radius 2 is 1.85 bits per heavy atom. The molecule has 1 N–H and O–H groups in total. The fourth-order valence-electron chi connectivity index (χ4n) is 2.44. The SMILES string of the molecule is CC(C)N(C)CC1CCN(C(=O)CNC(C)(C)C)CC1. The van der Waals surface area contributed by atoms with E-state index in [1.54, 1.807) is 0 Å². The molecule has 0 saturated carbocycles. The second-order valence-corrected chi connectivity index (χ2v) is 7.46. The van der Waals surface area contributed by atoms with Crippen LogP contribution in [0.3, 0.4) is 0 Å². The van der Waals surface area contributed by atoms with Crippen LogP contribution >= 0.6 is 0 Å². The second kappa shape index (κ2) is 7.41. The Hall–Kier alpha value is -0.610. The molecule has 0 unspecified atom stereocenters. The van der Waals surface area contributed by atoms with Gasteiger partial charge in [-0.25, -0.2) is 0 Å². The van der Waals surface area contributed by atoms with Crippen LogP contribution < -0.4 is 5.32 Å². The molecular formula is C16H33N3O. The highest BCUT2D eigenvalue weighted by atomic mass is 16.2. The van der Waals surface area contributed by atoms with Gasteiger partial charge in [-0.05, 0) is 60.4 Å². The molecule has 0 spiro atoms. The first-order valence-corrected chi connectivity index (χ1v) is 7.92. The number of carbonyl (C=O) groups excluding carboxylic acids is 1. The Balaban J connectivity index is 2.29. The van der Waals surface area contributed by atoms with Crippen molar-refractivity contribution in [3.05, 3.63) is 0 Å². The number of hydrogen-bond donors (Lipinski definition) is 1. The van der Waals surface area contributed by atoms with Gasteiger partial charge in [0.25, 0.3) is 0 Å². The van der Waals surface area contributed by atoms with Gasteiger partial charge in [0.1, 0.15) is 0 Å². The molecule has 1 aliphatic heterocycles. The average Bonchev–Trinajstić information content (AvgIpc) is 2.35. The van der Waals surface area contributed by atoms with Crippen molar-refractivity contribution >= 4 is 5.91 Å². The largest absolute Gasteiger partial charge is 0.342 e. The highest BCUT2D eigenvalue weighted by Crippen LogP contribution is 2.18. The summed E-state index contributed by atoms with van der Waals surface area (Å²) in [5, 5.41) is 3.28. The summed E-state index contributed by atoms with van der Waals surface area (Å²) in [7, 11) is 2.19. The Bertz CT molecular complexity index is 301. The van der Waals surface area contributed by atoms with Gasteiger partial charge in [-0.15, -0.1) is 0 Å². The number of piperidine rings is 1. The molecule has 20 heavy (non-hydrogen) atoms. The highest BCUT2D eigenvalue weighted by Gasteiger charge is 2.24. The Morgan fingerprint density at radius 3 is 2.30 bits per heavy atom. The van der Waals surface area contributed by atoms with Gasteiger partial charge in [-0.2, -0.15) is 0 Å². The van der Waals surface area contributed by atoms with E-state index >= 15 is 0 Å². The van der Waals surface area contributed by atoms with Crippen molar-refractivity contribution < 1.29 is 4.79 Å². The minimum absolute atomic E-state index is 0.00790. The van der Waals surface area contributed by atoms with Gasteiger partial charge in [0.15, 0.2) is 0 Å². The summed E-state index contributed by atoms with van der Waals surface area (Å²) in [4.78, 5) is 16.6. The Morgan fingerprint density at radius 1 is 1.30 bits per heavy atom. The van der Waals surface area contributed by atoms with Crippen LogP contribution in [-0.2, 0) is 4.79 Å². The maximum atomic E-state index is 12.1. The number of nitrogens with zero attached hydrogens (tertiary/aromatic N) is 2. The summed E-state index contributed by atoms with van der Waals surface area (Å²) in [6.45, 7) is 14.2. The zero-order valence-electron chi connectivity index (χ0n) is 14.2. The van der Waals surface area contributed by atoms with E-state index in [9.17, 15) is 4.79 Å². The smallest absolute Gasteiger partial charge is 0.236 e. The first-order chi connectivity index (χ1) is 9.19. The first-order valence-electron chi connectivity index (χ1n) is 7.92. The Kier molecular flexibility index (Phi) is 6.46. The van der Waals surface area contributed by atoms with Gasteiger partial charge in [-0.3, -0.25) is 4.79 Å². The van der Waals surface area contributed by atoms with Crippen LogP contribution in [0.5, 0.6) is 0 Å². The molecule has 0 bridgehead atoms. The van der Waals surface area contributed by atoms with Crippen molar-refractivity contribution in [2.45, 2.75) is 59.0 Å². The molecule has 1 saturated heterocycles. The van der Waals surface area contributed by atoms with Crippen LogP contribution in [-0.4, -0.2) is 60.5 Å². The number of carbonyl (C=O) groups is 1. The minimum Gasteiger partial charge on any atom is -0.342 e. The van der Waals surface area contributed by atoms with Gasteiger partial charge in [0.2, 0.25) is 5.91 Å². The first kappa shape index (κ1) is 17.4. The number of likely N-dealkylation sites (tertiary alicyclic amines) is 1. The van der Waals surface area contributed by atoms with Crippen molar-refractivity contribution in [1.82, 2.24) is 15.1 Å². The second-order valence-electron chi connectivity index (χ2n) is 7.46. The predicted molar refractivity (Wildman–Crippen MR) is 84.8 cm³/mol. The van der Waals surface area contributed by atoms with E-state index in [4.69, 9.17) is 0 Å². The maximum absolute atomic E-state index is 12.1. The standard InChI is InChI=1S/C16H33N3O/c1-13(2)18(6)12-14-7-9-19(10-8-14)15(20)11-17-16(3,4)5/h13-14,17H,7-12H2,1-6H3. The number of rotatable bonds is 5. The fourth-order valence-corrected chi connectivity index (χ4v) is 2.44. The zero-order valence-corrected chi connectivity index (χ0v) is 14.2. The number of amides is 1. The summed E-state index contributed by atoms with van der Waals surface area (Å²) < 4.78 is 0. The van der Waals surface area contributed by atoms with Gasteiger partial charge in [-0.1, -0.05) is 0 Å². The molecule has 1 heterocycles.